The van der Waals surface area contributed by atoms with Crippen LogP contribution in [0.25, 0.3) is 0 Å². The van der Waals surface area contributed by atoms with E-state index in [4.69, 9.17) is 0 Å². The van der Waals surface area contributed by atoms with Crippen molar-refractivity contribution in [1.29, 1.82) is 0 Å². The third-order valence-corrected chi connectivity index (χ3v) is 1.39. The van der Waals surface area contributed by atoms with E-state index in [2.05, 4.69) is 25.1 Å². The maximum absolute atomic E-state index is 3.93. The van der Waals surface area contributed by atoms with Crippen molar-refractivity contribution in [2.75, 3.05) is 0 Å². The molecule has 0 amide bonds. The van der Waals surface area contributed by atoms with Gasteiger partial charge in [0.15, 0.2) is 0 Å². The summed E-state index contributed by atoms with van der Waals surface area (Å²) in [7, 11) is 1.94. The van der Waals surface area contributed by atoms with Crippen LogP contribution in [0.5, 0.6) is 0 Å². The quantitative estimate of drug-likeness (QED) is 0.506. The van der Waals surface area contributed by atoms with Gasteiger partial charge in [-0.05, 0) is 0 Å². The summed E-state index contributed by atoms with van der Waals surface area (Å²) in [5, 5.41) is 3.93. The van der Waals surface area contributed by atoms with Gasteiger partial charge in [-0.1, -0.05) is 19.8 Å². The van der Waals surface area contributed by atoms with Gasteiger partial charge in [-0.25, -0.2) is 0 Å². The number of nitrogens with zero attached hydrogens (tertiary/aromatic N) is 2. The summed E-state index contributed by atoms with van der Waals surface area (Å²) < 4.78 is 1.85. The average molecular weight is 209 g/mol. The van der Waals surface area contributed by atoms with Crippen molar-refractivity contribution in [2.24, 2.45) is 7.05 Å². The molecule has 0 aliphatic heterocycles. The van der Waals surface area contributed by atoms with Crippen molar-refractivity contribution in [1.82, 2.24) is 9.78 Å². The molecule has 0 aliphatic carbocycles. The summed E-state index contributed by atoms with van der Waals surface area (Å²) in [6.45, 7) is 4.29. The van der Waals surface area contributed by atoms with Crippen molar-refractivity contribution in [2.45, 2.75) is 19.8 Å². The Balaban J connectivity index is 0.000000810. The molecule has 0 radical (unpaired) electrons. The number of rotatable bonds is 1. The van der Waals surface area contributed by atoms with E-state index in [1.54, 1.807) is 0 Å². The van der Waals surface area contributed by atoms with Crippen LogP contribution in [0.4, 0.5) is 0 Å². The predicted molar refractivity (Wildman–Crippen MR) is 36.1 cm³/mol. The summed E-state index contributed by atoms with van der Waals surface area (Å²) >= 11 is 0. The summed E-state index contributed by atoms with van der Waals surface area (Å²) in [5.41, 5.74) is 1.23. The molecule has 0 saturated carbocycles. The number of hydrogen-bond acceptors (Lipinski definition) is 1. The topological polar surface area (TPSA) is 17.8 Å². The van der Waals surface area contributed by atoms with Crippen molar-refractivity contribution >= 4 is 0 Å². The Hall–Kier alpha value is 1.02. The molecule has 2 nitrogen and oxygen atoms in total. The Labute approximate surface area is 111 Å². The van der Waals surface area contributed by atoms with Crippen LogP contribution in [-0.2, 0) is 7.05 Å². The molecule has 0 aromatic carbocycles. The summed E-state index contributed by atoms with van der Waals surface area (Å²) in [6.07, 6.45) is 2.79. The molecule has 3 heteroatoms. The molecule has 0 unspecified atom stereocenters. The van der Waals surface area contributed by atoms with Gasteiger partial charge in [-0.2, -0.15) is 6.07 Å². The van der Waals surface area contributed by atoms with Gasteiger partial charge in [-0.3, -0.25) is 0 Å². The first kappa shape index (κ1) is 11.0. The van der Waals surface area contributed by atoms with Gasteiger partial charge in [0.2, 0.25) is 0 Å². The van der Waals surface area contributed by atoms with Crippen LogP contribution in [0.2, 0.25) is 0 Å². The van der Waals surface area contributed by atoms with E-state index in [-0.39, 0.29) is 58.2 Å². The Kier molecular flexibility index (Phi) is 5.29. The van der Waals surface area contributed by atoms with Crippen LogP contribution in [0, 0.1) is 6.20 Å². The normalized spacial score (nSPS) is 9.60. The first-order valence-electron chi connectivity index (χ1n) is 3.12. The smallest absolute Gasteiger partial charge is 0.369 e. The molecule has 1 heterocycles. The van der Waals surface area contributed by atoms with E-state index in [0.29, 0.717) is 5.92 Å². The molecule has 0 bridgehead atoms. The van der Waals surface area contributed by atoms with E-state index in [1.165, 1.54) is 5.69 Å². The zero-order valence-electron chi connectivity index (χ0n) is 7.05. The fourth-order valence-electron chi connectivity index (χ4n) is 0.873. The Bertz CT molecular complexity index is 193. The molecule has 0 fully saturated rings. The van der Waals surface area contributed by atoms with Crippen molar-refractivity contribution < 1.29 is 58.2 Å². The van der Waals surface area contributed by atoms with Crippen LogP contribution in [-0.4, -0.2) is 9.78 Å². The van der Waals surface area contributed by atoms with Crippen LogP contribution in [0.3, 0.4) is 0 Å². The van der Waals surface area contributed by atoms with Gasteiger partial charge in [0.1, 0.15) is 0 Å². The maximum Gasteiger partial charge on any atom is 1.00 e. The van der Waals surface area contributed by atoms with E-state index >= 15 is 0 Å². The molecule has 0 spiro atoms. The number of aryl methyl sites for hydroxylation is 1. The maximum atomic E-state index is 3.93. The van der Waals surface area contributed by atoms with E-state index < -0.39 is 0 Å². The molecular formula is C7H11N2Rb. The van der Waals surface area contributed by atoms with Gasteiger partial charge < -0.3 is 9.78 Å². The molecule has 0 N–H and O–H groups in total. The van der Waals surface area contributed by atoms with Crippen molar-refractivity contribution in [3.05, 3.63) is 18.0 Å². The third-order valence-electron chi connectivity index (χ3n) is 1.39. The van der Waals surface area contributed by atoms with Gasteiger partial charge in [0, 0.05) is 7.05 Å². The number of hydrogen-bond donors (Lipinski definition) is 0. The summed E-state index contributed by atoms with van der Waals surface area (Å²) in [5.74, 6) is 0.550. The monoisotopic (exact) mass is 208 g/mol. The standard InChI is InChI=1S/C7H11N2.Rb/c1-6(2)7-4-5-8-9(7)3;/h4,6H,1-3H3;/q-1;+1. The van der Waals surface area contributed by atoms with Crippen molar-refractivity contribution in [3.63, 3.8) is 0 Å². The zero-order chi connectivity index (χ0) is 6.85. The van der Waals surface area contributed by atoms with Crippen LogP contribution < -0.4 is 58.2 Å². The van der Waals surface area contributed by atoms with E-state index in [9.17, 15) is 0 Å². The molecular weight excluding hydrogens is 198 g/mol. The van der Waals surface area contributed by atoms with Crippen molar-refractivity contribution in [3.8, 4) is 0 Å². The minimum atomic E-state index is 0. The molecule has 10 heavy (non-hydrogen) atoms. The largest absolute Gasteiger partial charge is 1.00 e. The van der Waals surface area contributed by atoms with Gasteiger partial charge in [0.05, 0.1) is 0 Å². The van der Waals surface area contributed by atoms with Gasteiger partial charge in [-0.15, -0.1) is 11.9 Å². The Morgan fingerprint density at radius 2 is 2.20 bits per heavy atom. The second kappa shape index (κ2) is 4.81. The SMILES string of the molecule is CC(C)c1c[c-]nn1C.[Rb+]. The second-order valence-corrected chi connectivity index (χ2v) is 2.48. The molecule has 50 valence electrons. The van der Waals surface area contributed by atoms with Gasteiger partial charge >= 0.3 is 58.2 Å². The average Bonchev–Trinajstić information content (AvgIpc) is 2.13. The molecule has 0 atom stereocenters. The predicted octanol–water partition coefficient (Wildman–Crippen LogP) is -1.65. The Morgan fingerprint density at radius 1 is 1.60 bits per heavy atom. The molecule has 1 aromatic rings. The molecule has 0 saturated heterocycles. The minimum absolute atomic E-state index is 0. The third kappa shape index (κ3) is 2.57. The van der Waals surface area contributed by atoms with E-state index in [0.717, 1.165) is 0 Å². The van der Waals surface area contributed by atoms with Crippen LogP contribution in [0.15, 0.2) is 6.07 Å². The molecule has 1 aromatic heterocycles. The van der Waals surface area contributed by atoms with Crippen LogP contribution >= 0.6 is 0 Å². The summed E-state index contributed by atoms with van der Waals surface area (Å²) in [6, 6.07) is 1.92. The van der Waals surface area contributed by atoms with E-state index in [1.807, 2.05) is 17.8 Å². The van der Waals surface area contributed by atoms with Crippen LogP contribution in [0.1, 0.15) is 25.5 Å². The second-order valence-electron chi connectivity index (χ2n) is 2.48. The first-order valence-corrected chi connectivity index (χ1v) is 3.12. The fourth-order valence-corrected chi connectivity index (χ4v) is 0.873. The number of aromatic nitrogens is 2. The summed E-state index contributed by atoms with van der Waals surface area (Å²) in [4.78, 5) is 0. The molecule has 0 aliphatic rings. The molecule has 1 rings (SSSR count). The Morgan fingerprint density at radius 3 is 2.40 bits per heavy atom. The first-order chi connectivity index (χ1) is 4.22. The fraction of sp³-hybridized carbons (Fsp3) is 0.571. The zero-order valence-corrected chi connectivity index (χ0v) is 12.0. The minimum Gasteiger partial charge on any atom is -0.369 e. The van der Waals surface area contributed by atoms with Gasteiger partial charge in [0.25, 0.3) is 0 Å².